The molecule has 3 N–H and O–H groups in total. The molecule has 1 aromatic rings. The number of aliphatic hydroxyl groups is 1. The van der Waals surface area contributed by atoms with E-state index < -0.39 is 28.7 Å². The second kappa shape index (κ2) is 9.43. The van der Waals surface area contributed by atoms with Crippen LogP contribution in [0.2, 0.25) is 0 Å². The van der Waals surface area contributed by atoms with E-state index in [1.807, 2.05) is 30.3 Å². The van der Waals surface area contributed by atoms with Gasteiger partial charge in [0, 0.05) is 17.3 Å². The van der Waals surface area contributed by atoms with Gasteiger partial charge in [0.05, 0.1) is 29.2 Å². The van der Waals surface area contributed by atoms with Crippen LogP contribution >= 0.6 is 11.8 Å². The Bertz CT molecular complexity index is 984. The van der Waals surface area contributed by atoms with Crippen molar-refractivity contribution in [3.05, 3.63) is 35.9 Å². The Morgan fingerprint density at radius 2 is 1.86 bits per heavy atom. The molecule has 1 saturated carbocycles. The second-order valence-electron chi connectivity index (χ2n) is 11.1. The summed E-state index contributed by atoms with van der Waals surface area (Å²) in [6.07, 6.45) is 6.86. The normalized spacial score (nSPS) is 35.1. The zero-order valence-corrected chi connectivity index (χ0v) is 21.5. The van der Waals surface area contributed by atoms with Gasteiger partial charge in [-0.3, -0.25) is 14.4 Å². The Morgan fingerprint density at radius 1 is 1.14 bits per heavy atom. The Morgan fingerprint density at radius 3 is 2.54 bits per heavy atom. The first-order valence-electron chi connectivity index (χ1n) is 13.1. The van der Waals surface area contributed by atoms with Crippen LogP contribution < -0.4 is 10.6 Å². The zero-order valence-electron chi connectivity index (χ0n) is 20.7. The summed E-state index contributed by atoms with van der Waals surface area (Å²) in [6.45, 7) is 4.07. The average Bonchev–Trinajstić information content (AvgIpc) is 3.44. The maximum Gasteiger partial charge on any atom is 0.244 e. The fourth-order valence-corrected chi connectivity index (χ4v) is 9.39. The maximum atomic E-state index is 14.0. The monoisotopic (exact) mass is 499 g/mol. The summed E-state index contributed by atoms with van der Waals surface area (Å²) in [4.78, 5) is 43.0. The minimum absolute atomic E-state index is 0.116. The zero-order chi connectivity index (χ0) is 24.8. The van der Waals surface area contributed by atoms with Gasteiger partial charge in [0.25, 0.3) is 0 Å². The molecule has 4 aliphatic rings. The van der Waals surface area contributed by atoms with Crippen molar-refractivity contribution in [3.8, 4) is 0 Å². The molecule has 4 fully saturated rings. The standard InChI is InChI=1S/C27H37N3O4S/c1-17(16-31)30-22(24(33)29-19-11-7-4-8-12-19)27-14-13-26(2,35-27)20(21(27)25(30)34)23(32)28-15-18-9-5-3-6-10-18/h3,5-6,9-10,17,19-22,31H,4,7-8,11-16H2,1-2H3,(H,28,32)(H,29,33)/t17-,20-,21+,22?,26+,27?/m1/s1. The van der Waals surface area contributed by atoms with Crippen molar-refractivity contribution in [2.75, 3.05) is 6.61 Å². The largest absolute Gasteiger partial charge is 0.394 e. The summed E-state index contributed by atoms with van der Waals surface area (Å²) < 4.78 is -1.03. The van der Waals surface area contributed by atoms with Crippen molar-refractivity contribution in [2.45, 2.75) is 93.0 Å². The molecule has 6 atom stereocenters. The number of carbonyl (C=O) groups excluding carboxylic acids is 3. The summed E-state index contributed by atoms with van der Waals surface area (Å²) >= 11 is 1.68. The number of rotatable bonds is 7. The van der Waals surface area contributed by atoms with Gasteiger partial charge in [0.1, 0.15) is 6.04 Å². The molecule has 3 saturated heterocycles. The third kappa shape index (κ3) is 4.06. The molecular formula is C27H37N3O4S. The number of hydrogen-bond donors (Lipinski definition) is 3. The van der Waals surface area contributed by atoms with Gasteiger partial charge >= 0.3 is 0 Å². The number of hydrogen-bond acceptors (Lipinski definition) is 5. The quantitative estimate of drug-likeness (QED) is 0.536. The molecule has 2 unspecified atom stereocenters. The van der Waals surface area contributed by atoms with Crippen molar-refractivity contribution in [1.82, 2.24) is 15.5 Å². The highest BCUT2D eigenvalue weighted by Crippen LogP contribution is 2.71. The van der Waals surface area contributed by atoms with Crippen LogP contribution in [0.5, 0.6) is 0 Å². The molecule has 8 heteroatoms. The summed E-state index contributed by atoms with van der Waals surface area (Å²) in [5.41, 5.74) is 1.01. The van der Waals surface area contributed by atoms with Crippen molar-refractivity contribution < 1.29 is 19.5 Å². The molecule has 1 spiro atoms. The molecular weight excluding hydrogens is 462 g/mol. The van der Waals surface area contributed by atoms with Gasteiger partial charge in [0.15, 0.2) is 0 Å². The third-order valence-corrected chi connectivity index (χ3v) is 10.7. The van der Waals surface area contributed by atoms with Crippen LogP contribution in [0.3, 0.4) is 0 Å². The third-order valence-electron chi connectivity index (χ3n) is 8.75. The summed E-state index contributed by atoms with van der Waals surface area (Å²) in [5.74, 6) is -1.45. The first kappa shape index (κ1) is 24.6. The van der Waals surface area contributed by atoms with E-state index in [0.717, 1.165) is 44.1 Å². The number of benzene rings is 1. The van der Waals surface area contributed by atoms with Crippen molar-refractivity contribution in [1.29, 1.82) is 0 Å². The van der Waals surface area contributed by atoms with Gasteiger partial charge in [-0.05, 0) is 45.1 Å². The molecule has 3 heterocycles. The SMILES string of the molecule is C[C@H](CO)N1C(=O)[C@@H]2[C@H](C(=O)NCc3ccccc3)[C@]3(C)CCC2(S3)C1C(=O)NC1CCCCC1. The van der Waals surface area contributed by atoms with Gasteiger partial charge in [-0.15, -0.1) is 11.8 Å². The highest BCUT2D eigenvalue weighted by atomic mass is 32.2. The van der Waals surface area contributed by atoms with E-state index in [4.69, 9.17) is 0 Å². The van der Waals surface area contributed by atoms with Crippen LogP contribution in [0.15, 0.2) is 30.3 Å². The van der Waals surface area contributed by atoms with Crippen LogP contribution in [-0.4, -0.2) is 62.0 Å². The molecule has 35 heavy (non-hydrogen) atoms. The summed E-state index contributed by atoms with van der Waals surface area (Å²) in [7, 11) is 0. The maximum absolute atomic E-state index is 14.0. The molecule has 2 bridgehead atoms. The van der Waals surface area contributed by atoms with Gasteiger partial charge in [-0.2, -0.15) is 0 Å². The Kier molecular flexibility index (Phi) is 6.64. The van der Waals surface area contributed by atoms with E-state index in [1.165, 1.54) is 6.42 Å². The number of nitrogens with zero attached hydrogens (tertiary/aromatic N) is 1. The van der Waals surface area contributed by atoms with E-state index in [0.29, 0.717) is 6.54 Å². The Hall–Kier alpha value is -2.06. The molecule has 3 aliphatic heterocycles. The number of carbonyl (C=O) groups is 3. The lowest BCUT2D eigenvalue weighted by Crippen LogP contribution is -2.57. The van der Waals surface area contributed by atoms with Crippen molar-refractivity contribution in [3.63, 3.8) is 0 Å². The van der Waals surface area contributed by atoms with Crippen LogP contribution in [0, 0.1) is 11.8 Å². The lowest BCUT2D eigenvalue weighted by atomic mass is 9.66. The smallest absolute Gasteiger partial charge is 0.244 e. The average molecular weight is 500 g/mol. The highest BCUT2D eigenvalue weighted by Gasteiger charge is 2.77. The predicted molar refractivity (Wildman–Crippen MR) is 135 cm³/mol. The molecule has 190 valence electrons. The molecule has 5 rings (SSSR count). The molecule has 1 aromatic carbocycles. The second-order valence-corrected chi connectivity index (χ2v) is 12.9. The summed E-state index contributed by atoms with van der Waals surface area (Å²) in [6, 6.07) is 8.75. The number of amides is 3. The van der Waals surface area contributed by atoms with Gasteiger partial charge in [-0.25, -0.2) is 0 Å². The van der Waals surface area contributed by atoms with E-state index in [9.17, 15) is 19.5 Å². The number of thioether (sulfide) groups is 1. The van der Waals surface area contributed by atoms with Crippen LogP contribution in [-0.2, 0) is 20.9 Å². The Labute approximate surface area is 211 Å². The van der Waals surface area contributed by atoms with Crippen molar-refractivity contribution in [2.24, 2.45) is 11.8 Å². The number of likely N-dealkylation sites (tertiary alicyclic amines) is 1. The first-order valence-corrected chi connectivity index (χ1v) is 13.9. The number of fused-ring (bicyclic) bond motifs is 1. The number of aliphatic hydroxyl groups excluding tert-OH is 1. The fourth-order valence-electron chi connectivity index (χ4n) is 7.05. The molecule has 1 aliphatic carbocycles. The van der Waals surface area contributed by atoms with Gasteiger partial charge < -0.3 is 20.6 Å². The topological polar surface area (TPSA) is 98.7 Å². The van der Waals surface area contributed by atoms with E-state index >= 15 is 0 Å². The molecule has 3 amide bonds. The predicted octanol–water partition coefficient (Wildman–Crippen LogP) is 2.61. The van der Waals surface area contributed by atoms with Crippen LogP contribution in [0.4, 0.5) is 0 Å². The van der Waals surface area contributed by atoms with Crippen LogP contribution in [0.1, 0.15) is 64.4 Å². The van der Waals surface area contributed by atoms with E-state index in [-0.39, 0.29) is 35.1 Å². The number of nitrogens with one attached hydrogen (secondary N) is 2. The lowest BCUT2D eigenvalue weighted by Gasteiger charge is -2.37. The molecule has 0 aromatic heterocycles. The van der Waals surface area contributed by atoms with Crippen LogP contribution in [0.25, 0.3) is 0 Å². The van der Waals surface area contributed by atoms with E-state index in [2.05, 4.69) is 17.6 Å². The first-order chi connectivity index (χ1) is 16.8. The van der Waals surface area contributed by atoms with Crippen molar-refractivity contribution >= 4 is 29.5 Å². The molecule has 7 nitrogen and oxygen atoms in total. The summed E-state index contributed by atoms with van der Waals surface area (Å²) in [5, 5.41) is 16.3. The molecule has 0 radical (unpaired) electrons. The van der Waals surface area contributed by atoms with Gasteiger partial charge in [-0.1, -0.05) is 49.6 Å². The Balaban J connectivity index is 1.43. The lowest BCUT2D eigenvalue weighted by molar-refractivity contribution is -0.143. The fraction of sp³-hybridized carbons (Fsp3) is 0.667. The minimum Gasteiger partial charge on any atom is -0.394 e. The highest BCUT2D eigenvalue weighted by molar-refractivity contribution is 8.02. The minimum atomic E-state index is -0.664. The van der Waals surface area contributed by atoms with E-state index in [1.54, 1.807) is 23.6 Å². The van der Waals surface area contributed by atoms with Gasteiger partial charge in [0.2, 0.25) is 17.7 Å².